The summed E-state index contributed by atoms with van der Waals surface area (Å²) in [7, 11) is 2.91. The molecule has 2 aromatic heterocycles. The van der Waals surface area contributed by atoms with E-state index in [1.54, 1.807) is 24.3 Å². The van der Waals surface area contributed by atoms with Gasteiger partial charge in [0.25, 0.3) is 5.78 Å². The lowest BCUT2D eigenvalue weighted by molar-refractivity contribution is -0.141. The number of methoxy groups -OCH3 is 2. The number of benzene rings is 2. The average molecular weight is 447 g/mol. The molecule has 166 valence electrons. The maximum atomic E-state index is 14.2. The summed E-state index contributed by atoms with van der Waals surface area (Å²) in [6.45, 7) is 0. The van der Waals surface area contributed by atoms with Crippen molar-refractivity contribution in [1.29, 1.82) is 0 Å². The van der Waals surface area contributed by atoms with Crippen LogP contribution in [0.5, 0.6) is 11.5 Å². The number of fused-ring (bicyclic) bond motifs is 1. The molecule has 2 aromatic carbocycles. The van der Waals surface area contributed by atoms with Gasteiger partial charge in [-0.25, -0.2) is 9.37 Å². The van der Waals surface area contributed by atoms with Crippen LogP contribution in [-0.4, -0.2) is 33.8 Å². The van der Waals surface area contributed by atoms with Gasteiger partial charge in [0.2, 0.25) is 0 Å². The molecule has 0 aliphatic rings. The van der Waals surface area contributed by atoms with Crippen LogP contribution in [0.25, 0.3) is 5.78 Å². The topological polar surface area (TPSA) is 73.6 Å². The van der Waals surface area contributed by atoms with E-state index in [2.05, 4.69) is 20.4 Å². The van der Waals surface area contributed by atoms with E-state index in [1.165, 1.54) is 32.4 Å². The molecule has 0 bridgehead atoms. The van der Waals surface area contributed by atoms with E-state index in [4.69, 9.17) is 9.47 Å². The largest absolute Gasteiger partial charge is 0.497 e. The van der Waals surface area contributed by atoms with Crippen molar-refractivity contribution >= 4 is 11.6 Å². The van der Waals surface area contributed by atoms with Crippen LogP contribution in [0.1, 0.15) is 22.9 Å². The Hall–Kier alpha value is -3.89. The second-order valence-electron chi connectivity index (χ2n) is 6.74. The lowest BCUT2D eigenvalue weighted by atomic mass is 9.97. The second kappa shape index (κ2) is 8.33. The summed E-state index contributed by atoms with van der Waals surface area (Å²) in [6.07, 6.45) is -3.61. The van der Waals surface area contributed by atoms with E-state index in [1.807, 2.05) is 0 Å². The van der Waals surface area contributed by atoms with Crippen molar-refractivity contribution in [2.45, 2.75) is 12.2 Å². The van der Waals surface area contributed by atoms with Crippen molar-refractivity contribution in [1.82, 2.24) is 19.6 Å². The zero-order valence-electron chi connectivity index (χ0n) is 16.9. The van der Waals surface area contributed by atoms with Gasteiger partial charge in [-0.3, -0.25) is 0 Å². The minimum atomic E-state index is -4.70. The molecule has 0 saturated carbocycles. The first kappa shape index (κ1) is 21.3. The lowest BCUT2D eigenvalue weighted by Crippen LogP contribution is -2.18. The number of ether oxygens (including phenoxy) is 2. The van der Waals surface area contributed by atoms with Gasteiger partial charge >= 0.3 is 6.18 Å². The lowest BCUT2D eigenvalue weighted by Gasteiger charge is -2.24. The molecular formula is C21H17F4N5O2. The molecule has 0 spiro atoms. The van der Waals surface area contributed by atoms with Crippen molar-refractivity contribution in [2.75, 3.05) is 19.5 Å². The molecule has 0 aliphatic heterocycles. The van der Waals surface area contributed by atoms with Gasteiger partial charge in [-0.2, -0.15) is 27.8 Å². The van der Waals surface area contributed by atoms with Gasteiger partial charge in [-0.1, -0.05) is 12.1 Å². The molecule has 7 nitrogen and oxygen atoms in total. The van der Waals surface area contributed by atoms with E-state index in [0.29, 0.717) is 22.6 Å². The molecule has 2 heterocycles. The van der Waals surface area contributed by atoms with Crippen LogP contribution in [0.15, 0.2) is 54.9 Å². The van der Waals surface area contributed by atoms with Gasteiger partial charge < -0.3 is 14.8 Å². The Balaban J connectivity index is 1.91. The number of rotatable bonds is 6. The molecule has 4 rings (SSSR count). The van der Waals surface area contributed by atoms with E-state index >= 15 is 0 Å². The van der Waals surface area contributed by atoms with Crippen LogP contribution in [0.3, 0.4) is 0 Å². The number of halogens is 4. The van der Waals surface area contributed by atoms with Gasteiger partial charge in [0.05, 0.1) is 20.3 Å². The van der Waals surface area contributed by atoms with E-state index < -0.39 is 23.7 Å². The summed E-state index contributed by atoms with van der Waals surface area (Å²) in [6, 6.07) is 10.8. The predicted octanol–water partition coefficient (Wildman–Crippen LogP) is 4.50. The Morgan fingerprint density at radius 1 is 1.03 bits per heavy atom. The van der Waals surface area contributed by atoms with Crippen LogP contribution >= 0.6 is 0 Å². The Morgan fingerprint density at radius 2 is 1.84 bits per heavy atom. The Bertz CT molecular complexity index is 1260. The number of alkyl halides is 3. The van der Waals surface area contributed by atoms with Crippen LogP contribution in [0, 0.1) is 5.82 Å². The number of hydrogen-bond acceptors (Lipinski definition) is 6. The fraction of sp³-hybridized carbons (Fsp3) is 0.190. The maximum absolute atomic E-state index is 14.2. The van der Waals surface area contributed by atoms with E-state index in [0.717, 1.165) is 16.9 Å². The molecule has 0 fully saturated rings. The highest BCUT2D eigenvalue weighted by Gasteiger charge is 2.34. The van der Waals surface area contributed by atoms with Crippen LogP contribution < -0.4 is 14.8 Å². The average Bonchev–Trinajstić information content (AvgIpc) is 3.26. The van der Waals surface area contributed by atoms with Crippen molar-refractivity contribution in [2.24, 2.45) is 0 Å². The van der Waals surface area contributed by atoms with E-state index in [-0.39, 0.29) is 11.6 Å². The predicted molar refractivity (Wildman–Crippen MR) is 107 cm³/mol. The minimum Gasteiger partial charge on any atom is -0.497 e. The Labute approximate surface area is 179 Å². The number of nitrogens with one attached hydrogen (secondary N) is 1. The summed E-state index contributed by atoms with van der Waals surface area (Å²) >= 11 is 0. The first-order valence-electron chi connectivity index (χ1n) is 9.32. The van der Waals surface area contributed by atoms with Crippen molar-refractivity contribution in [3.05, 3.63) is 77.5 Å². The fourth-order valence-corrected chi connectivity index (χ4v) is 3.30. The highest BCUT2D eigenvalue weighted by Crippen LogP contribution is 2.36. The monoisotopic (exact) mass is 447 g/mol. The van der Waals surface area contributed by atoms with Crippen LogP contribution in [0.2, 0.25) is 0 Å². The first-order valence-corrected chi connectivity index (χ1v) is 9.32. The van der Waals surface area contributed by atoms with Crippen molar-refractivity contribution in [3.63, 3.8) is 0 Å². The molecule has 1 unspecified atom stereocenters. The standard InChI is InChI=1S/C21H17F4N5O2/c1-31-14-5-3-4-12(8-14)19(15-9-13(22)6-7-16(15)32-2)29-18-10-17(21(23,24)25)28-20-26-11-27-30(18)20/h3-11,19,29H,1-2H3. The van der Waals surface area contributed by atoms with Gasteiger partial charge in [0.1, 0.15) is 29.5 Å². The quantitative estimate of drug-likeness (QED) is 0.439. The normalized spacial score (nSPS) is 12.6. The maximum Gasteiger partial charge on any atom is 0.433 e. The molecule has 0 saturated heterocycles. The second-order valence-corrected chi connectivity index (χ2v) is 6.74. The van der Waals surface area contributed by atoms with Gasteiger partial charge in [0.15, 0.2) is 5.69 Å². The Morgan fingerprint density at radius 3 is 2.56 bits per heavy atom. The smallest absolute Gasteiger partial charge is 0.433 e. The van der Waals surface area contributed by atoms with E-state index in [9.17, 15) is 17.6 Å². The summed E-state index contributed by atoms with van der Waals surface area (Å²) < 4.78 is 66.2. The van der Waals surface area contributed by atoms with Crippen molar-refractivity contribution in [3.8, 4) is 11.5 Å². The summed E-state index contributed by atoms with van der Waals surface area (Å²) in [5.74, 6) is 0.0388. The van der Waals surface area contributed by atoms with Gasteiger partial charge in [0, 0.05) is 11.6 Å². The molecule has 0 aliphatic carbocycles. The zero-order valence-corrected chi connectivity index (χ0v) is 16.9. The van der Waals surface area contributed by atoms with Crippen molar-refractivity contribution < 1.29 is 27.0 Å². The minimum absolute atomic E-state index is 0.0426. The Kier molecular flexibility index (Phi) is 5.56. The third-order valence-electron chi connectivity index (χ3n) is 4.76. The summed E-state index contributed by atoms with van der Waals surface area (Å²) in [5, 5.41) is 6.98. The fourth-order valence-electron chi connectivity index (χ4n) is 3.30. The number of anilines is 1. The van der Waals surface area contributed by atoms with Crippen LogP contribution in [0.4, 0.5) is 23.4 Å². The molecule has 4 aromatic rings. The summed E-state index contributed by atoms with van der Waals surface area (Å²) in [5.41, 5.74) is -0.192. The molecule has 32 heavy (non-hydrogen) atoms. The molecule has 1 atom stereocenters. The number of nitrogens with zero attached hydrogens (tertiary/aromatic N) is 4. The SMILES string of the molecule is COc1cccc(C(Nc2cc(C(F)(F)F)nc3ncnn23)c2cc(F)ccc2OC)c1. The van der Waals surface area contributed by atoms with Gasteiger partial charge in [-0.05, 0) is 35.9 Å². The van der Waals surface area contributed by atoms with Gasteiger partial charge in [-0.15, -0.1) is 0 Å². The third-order valence-corrected chi connectivity index (χ3v) is 4.76. The highest BCUT2D eigenvalue weighted by molar-refractivity contribution is 5.53. The zero-order chi connectivity index (χ0) is 22.9. The molecule has 0 radical (unpaired) electrons. The summed E-state index contributed by atoms with van der Waals surface area (Å²) in [4.78, 5) is 7.29. The third kappa shape index (κ3) is 4.13. The molecule has 1 N–H and O–H groups in total. The number of hydrogen-bond donors (Lipinski definition) is 1. The first-order chi connectivity index (χ1) is 15.3. The highest BCUT2D eigenvalue weighted by atomic mass is 19.4. The molecule has 11 heteroatoms. The number of aromatic nitrogens is 4. The molecular weight excluding hydrogens is 430 g/mol. The molecule has 0 amide bonds. The van der Waals surface area contributed by atoms with Crippen LogP contribution in [-0.2, 0) is 6.18 Å².